The van der Waals surface area contributed by atoms with Gasteiger partial charge in [0, 0.05) is 25.4 Å². The zero-order valence-corrected chi connectivity index (χ0v) is 23.5. The molecular formula is C31H48O4. The number of hydrogen-bond acceptors (Lipinski definition) is 4. The standard InChI is InChI=1S/C31H48O4/c1-18-15-31(33-8,24-26(4,5)35-24)34-19-16-28(7)21-10-9-20-25(2,3)22(32)11-12-29(20)17-30(21,29)14-13-27(28,6)23(18)19/h18-21,23-24H,9-17H2,1-8H3/t18-,19+,20-,21+,23-,24-,27-,28+,29+,30+,31-/m1/s1. The van der Waals surface area contributed by atoms with Crippen molar-refractivity contribution in [3.05, 3.63) is 0 Å². The lowest BCUT2D eigenvalue weighted by molar-refractivity contribution is -0.301. The van der Waals surface area contributed by atoms with Crippen molar-refractivity contribution in [3.63, 3.8) is 0 Å². The Labute approximate surface area is 212 Å². The Bertz CT molecular complexity index is 986. The van der Waals surface area contributed by atoms with E-state index in [-0.39, 0.29) is 23.2 Å². The second-order valence-electron chi connectivity index (χ2n) is 15.8. The van der Waals surface area contributed by atoms with Crippen LogP contribution in [0.4, 0.5) is 0 Å². The van der Waals surface area contributed by atoms with Gasteiger partial charge in [0.05, 0.1) is 11.7 Å². The Kier molecular flexibility index (Phi) is 4.32. The van der Waals surface area contributed by atoms with E-state index < -0.39 is 5.79 Å². The number of carbonyl (C=O) groups excluding carboxylic acids is 1. The molecule has 0 unspecified atom stereocenters. The molecule has 0 amide bonds. The summed E-state index contributed by atoms with van der Waals surface area (Å²) in [5, 5.41) is 0. The topological polar surface area (TPSA) is 48.1 Å². The van der Waals surface area contributed by atoms with Crippen LogP contribution in [-0.4, -0.2) is 36.5 Å². The van der Waals surface area contributed by atoms with Crippen LogP contribution in [-0.2, 0) is 19.0 Å². The fraction of sp³-hybridized carbons (Fsp3) is 0.968. The van der Waals surface area contributed by atoms with Crippen LogP contribution in [0.1, 0.15) is 106 Å². The van der Waals surface area contributed by atoms with Crippen molar-refractivity contribution in [1.29, 1.82) is 0 Å². The monoisotopic (exact) mass is 484 g/mol. The Morgan fingerprint density at radius 2 is 1.51 bits per heavy atom. The zero-order valence-electron chi connectivity index (χ0n) is 23.5. The Hall–Kier alpha value is -0.450. The highest BCUT2D eigenvalue weighted by molar-refractivity contribution is 5.86. The predicted molar refractivity (Wildman–Crippen MR) is 135 cm³/mol. The van der Waals surface area contributed by atoms with Crippen LogP contribution < -0.4 is 0 Å². The predicted octanol–water partition coefficient (Wildman–Crippen LogP) is 6.55. The lowest BCUT2D eigenvalue weighted by atomic mass is 9.42. The fourth-order valence-corrected chi connectivity index (χ4v) is 12.5. The second kappa shape index (κ2) is 6.40. The SMILES string of the molecule is CO[C@]1([C@@H]2OC2(C)C)C[C@@H](C)[C@@H]2[C@H](C[C@@]3(C)[C@@H]4CC[C@@H]5C(C)(C)C(=O)CC[C@]56C[C@@]46CC[C@]23C)O1. The number of carbonyl (C=O) groups is 1. The number of Topliss-reactive ketones (excluding diaryl/α,β-unsaturated/α-hetero) is 1. The van der Waals surface area contributed by atoms with Gasteiger partial charge >= 0.3 is 0 Å². The Balaban J connectivity index is 1.24. The number of ether oxygens (including phenoxy) is 3. The molecule has 2 aliphatic heterocycles. The van der Waals surface area contributed by atoms with Crippen molar-refractivity contribution in [2.24, 2.45) is 50.7 Å². The van der Waals surface area contributed by atoms with Crippen LogP contribution in [0.3, 0.4) is 0 Å². The molecule has 11 atom stereocenters. The Morgan fingerprint density at radius 1 is 0.857 bits per heavy atom. The van der Waals surface area contributed by atoms with Crippen LogP contribution in [0.25, 0.3) is 0 Å². The average molecular weight is 485 g/mol. The normalized spacial score (nSPS) is 61.1. The summed E-state index contributed by atoms with van der Waals surface area (Å²) in [6.45, 7) is 16.6. The highest BCUT2D eigenvalue weighted by Crippen LogP contribution is 2.89. The molecule has 35 heavy (non-hydrogen) atoms. The average Bonchev–Trinajstić information content (AvgIpc) is 3.62. The molecule has 2 heterocycles. The third-order valence-corrected chi connectivity index (χ3v) is 14.2. The summed E-state index contributed by atoms with van der Waals surface area (Å²) in [4.78, 5) is 12.9. The smallest absolute Gasteiger partial charge is 0.197 e. The molecule has 5 saturated carbocycles. The lowest BCUT2D eigenvalue weighted by Crippen LogP contribution is -2.58. The molecule has 0 aromatic carbocycles. The highest BCUT2D eigenvalue weighted by Gasteiger charge is 2.83. The highest BCUT2D eigenvalue weighted by atomic mass is 16.7. The lowest BCUT2D eigenvalue weighted by Gasteiger charge is -2.62. The first kappa shape index (κ1) is 23.7. The number of hydrogen-bond donors (Lipinski definition) is 0. The maximum atomic E-state index is 12.9. The molecule has 0 aromatic heterocycles. The number of methoxy groups -OCH3 is 1. The van der Waals surface area contributed by atoms with E-state index in [1.165, 1.54) is 32.1 Å². The van der Waals surface area contributed by atoms with E-state index in [4.69, 9.17) is 14.2 Å². The van der Waals surface area contributed by atoms with E-state index >= 15 is 0 Å². The van der Waals surface area contributed by atoms with Gasteiger partial charge < -0.3 is 14.2 Å². The van der Waals surface area contributed by atoms with Crippen LogP contribution in [0.2, 0.25) is 0 Å². The van der Waals surface area contributed by atoms with E-state index in [1.807, 2.05) is 7.11 Å². The summed E-state index contributed by atoms with van der Waals surface area (Å²) < 4.78 is 19.4. The van der Waals surface area contributed by atoms with Gasteiger partial charge in [0.2, 0.25) is 0 Å². The van der Waals surface area contributed by atoms with Gasteiger partial charge in [-0.05, 0) is 104 Å². The molecule has 0 radical (unpaired) electrons. The summed E-state index contributed by atoms with van der Waals surface area (Å²) >= 11 is 0. The van der Waals surface area contributed by atoms with Gasteiger partial charge in [-0.3, -0.25) is 4.79 Å². The van der Waals surface area contributed by atoms with E-state index in [9.17, 15) is 4.79 Å². The Morgan fingerprint density at radius 3 is 2.17 bits per heavy atom. The van der Waals surface area contributed by atoms with Crippen molar-refractivity contribution in [2.45, 2.75) is 130 Å². The van der Waals surface area contributed by atoms with Gasteiger partial charge in [-0.1, -0.05) is 34.6 Å². The summed E-state index contributed by atoms with van der Waals surface area (Å²) in [5.74, 6) is 2.43. The molecule has 2 saturated heterocycles. The van der Waals surface area contributed by atoms with Crippen LogP contribution in [0.5, 0.6) is 0 Å². The quantitative estimate of drug-likeness (QED) is 0.417. The van der Waals surface area contributed by atoms with Crippen molar-refractivity contribution in [1.82, 2.24) is 0 Å². The van der Waals surface area contributed by atoms with Gasteiger partial charge in [0.1, 0.15) is 11.9 Å². The van der Waals surface area contributed by atoms with E-state index in [0.717, 1.165) is 31.6 Å². The molecule has 2 spiro atoms. The van der Waals surface area contributed by atoms with E-state index in [2.05, 4.69) is 48.5 Å². The molecule has 0 N–H and O–H groups in total. The minimum absolute atomic E-state index is 0.0297. The molecule has 0 bridgehead atoms. The molecule has 0 aromatic rings. The van der Waals surface area contributed by atoms with Crippen molar-refractivity contribution >= 4 is 5.78 Å². The summed E-state index contributed by atoms with van der Waals surface area (Å²) in [6, 6.07) is 0. The zero-order chi connectivity index (χ0) is 25.0. The molecule has 7 rings (SSSR count). The third-order valence-electron chi connectivity index (χ3n) is 14.2. The maximum Gasteiger partial charge on any atom is 0.197 e. The summed E-state index contributed by atoms with van der Waals surface area (Å²) in [6.07, 6.45) is 11.0. The van der Waals surface area contributed by atoms with Gasteiger partial charge in [-0.25, -0.2) is 0 Å². The molecule has 196 valence electrons. The van der Waals surface area contributed by atoms with Crippen molar-refractivity contribution in [2.75, 3.05) is 7.11 Å². The molecular weight excluding hydrogens is 436 g/mol. The van der Waals surface area contributed by atoms with Gasteiger partial charge in [0.15, 0.2) is 5.79 Å². The largest absolute Gasteiger partial charge is 0.361 e. The third kappa shape index (κ3) is 2.46. The molecule has 7 aliphatic rings. The summed E-state index contributed by atoms with van der Waals surface area (Å²) in [7, 11) is 1.83. The molecule has 5 aliphatic carbocycles. The van der Waals surface area contributed by atoms with Gasteiger partial charge in [0.25, 0.3) is 0 Å². The number of rotatable bonds is 2. The second-order valence-corrected chi connectivity index (χ2v) is 15.8. The van der Waals surface area contributed by atoms with Gasteiger partial charge in [-0.2, -0.15) is 0 Å². The van der Waals surface area contributed by atoms with E-state index in [0.29, 0.717) is 45.2 Å². The number of ketones is 1. The van der Waals surface area contributed by atoms with Crippen LogP contribution in [0, 0.1) is 50.7 Å². The van der Waals surface area contributed by atoms with E-state index in [1.54, 1.807) is 0 Å². The van der Waals surface area contributed by atoms with Crippen molar-refractivity contribution in [3.8, 4) is 0 Å². The minimum atomic E-state index is -0.603. The maximum absolute atomic E-state index is 12.9. The number of fused-ring (bicyclic) bond motifs is 4. The van der Waals surface area contributed by atoms with Crippen molar-refractivity contribution < 1.29 is 19.0 Å². The van der Waals surface area contributed by atoms with Crippen LogP contribution in [0.15, 0.2) is 0 Å². The summed E-state index contributed by atoms with van der Waals surface area (Å²) in [5.41, 5.74) is 1.21. The minimum Gasteiger partial charge on any atom is -0.361 e. The molecule has 7 fully saturated rings. The fourth-order valence-electron chi connectivity index (χ4n) is 12.5. The molecule has 4 heteroatoms. The number of epoxide rings is 1. The van der Waals surface area contributed by atoms with Crippen LogP contribution >= 0.6 is 0 Å². The first-order valence-electron chi connectivity index (χ1n) is 14.7. The first-order chi connectivity index (χ1) is 16.2. The first-order valence-corrected chi connectivity index (χ1v) is 14.7. The molecule has 4 nitrogen and oxygen atoms in total. The van der Waals surface area contributed by atoms with Gasteiger partial charge in [-0.15, -0.1) is 0 Å².